The van der Waals surface area contributed by atoms with Crippen LogP contribution >= 0.6 is 0 Å². The van der Waals surface area contributed by atoms with Crippen molar-refractivity contribution >= 4 is 16.9 Å². The van der Waals surface area contributed by atoms with Gasteiger partial charge in [-0.3, -0.25) is 4.79 Å². The lowest BCUT2D eigenvalue weighted by atomic mass is 10.1. The minimum absolute atomic E-state index is 0.109. The van der Waals surface area contributed by atoms with Crippen LogP contribution < -0.4 is 5.32 Å². The second kappa shape index (κ2) is 6.43. The zero-order valence-corrected chi connectivity index (χ0v) is 14.5. The summed E-state index contributed by atoms with van der Waals surface area (Å²) in [4.78, 5) is 17.1. The number of hydrogen-bond acceptors (Lipinski definition) is 3. The first kappa shape index (κ1) is 16.2. The van der Waals surface area contributed by atoms with Crippen LogP contribution in [-0.4, -0.2) is 20.7 Å². The van der Waals surface area contributed by atoms with E-state index in [-0.39, 0.29) is 11.9 Å². The molecule has 0 bridgehead atoms. The van der Waals surface area contributed by atoms with E-state index >= 15 is 0 Å². The zero-order valence-electron chi connectivity index (χ0n) is 14.5. The molecular formula is C19H22N4O. The summed E-state index contributed by atoms with van der Waals surface area (Å²) in [7, 11) is 0. The topological polar surface area (TPSA) is 59.8 Å². The number of carbonyl (C=O) groups is 1. The standard InChI is InChI=1S/C19H22N4O/c1-12(2)23-18-16(11-21-23)9-17(14(4)22-18)19(24)20-10-15-8-6-5-7-13(15)3/h5-9,11-12H,10H2,1-4H3,(H,20,24). The molecular weight excluding hydrogens is 300 g/mol. The molecule has 0 aliphatic rings. The van der Waals surface area contributed by atoms with Crippen LogP contribution in [0.4, 0.5) is 0 Å². The maximum atomic E-state index is 12.6. The lowest BCUT2D eigenvalue weighted by Crippen LogP contribution is -2.24. The predicted molar refractivity (Wildman–Crippen MR) is 95.0 cm³/mol. The van der Waals surface area contributed by atoms with E-state index in [1.54, 1.807) is 6.20 Å². The van der Waals surface area contributed by atoms with Gasteiger partial charge >= 0.3 is 0 Å². The summed E-state index contributed by atoms with van der Waals surface area (Å²) in [5.41, 5.74) is 4.41. The number of benzene rings is 1. The van der Waals surface area contributed by atoms with Crippen molar-refractivity contribution in [2.24, 2.45) is 0 Å². The van der Waals surface area contributed by atoms with Gasteiger partial charge in [0, 0.05) is 18.0 Å². The largest absolute Gasteiger partial charge is 0.348 e. The highest BCUT2D eigenvalue weighted by Crippen LogP contribution is 2.19. The van der Waals surface area contributed by atoms with Crippen molar-refractivity contribution in [2.45, 2.75) is 40.3 Å². The van der Waals surface area contributed by atoms with Gasteiger partial charge in [-0.25, -0.2) is 9.67 Å². The molecule has 5 heteroatoms. The van der Waals surface area contributed by atoms with E-state index < -0.39 is 0 Å². The average Bonchev–Trinajstić information content (AvgIpc) is 2.96. The molecule has 3 aromatic rings. The van der Waals surface area contributed by atoms with Crippen molar-refractivity contribution in [1.29, 1.82) is 0 Å². The molecule has 1 amide bonds. The van der Waals surface area contributed by atoms with Gasteiger partial charge in [-0.1, -0.05) is 24.3 Å². The number of rotatable bonds is 4. The average molecular weight is 322 g/mol. The Morgan fingerprint density at radius 2 is 2.00 bits per heavy atom. The summed E-state index contributed by atoms with van der Waals surface area (Å²) in [5, 5.41) is 8.23. The Bertz CT molecular complexity index is 896. The third-order valence-electron chi connectivity index (χ3n) is 4.19. The normalized spacial score (nSPS) is 11.2. The first-order chi connectivity index (χ1) is 11.5. The van der Waals surface area contributed by atoms with E-state index in [9.17, 15) is 4.79 Å². The van der Waals surface area contributed by atoms with Gasteiger partial charge in [0.1, 0.15) is 0 Å². The summed E-state index contributed by atoms with van der Waals surface area (Å²) in [5.74, 6) is -0.109. The van der Waals surface area contributed by atoms with E-state index in [0.29, 0.717) is 17.8 Å². The minimum atomic E-state index is -0.109. The molecule has 1 aromatic carbocycles. The van der Waals surface area contributed by atoms with Gasteiger partial charge in [0.2, 0.25) is 0 Å². The van der Waals surface area contributed by atoms with Gasteiger partial charge in [0.25, 0.3) is 5.91 Å². The van der Waals surface area contributed by atoms with Gasteiger partial charge in [-0.2, -0.15) is 5.10 Å². The highest BCUT2D eigenvalue weighted by molar-refractivity contribution is 5.98. The van der Waals surface area contributed by atoms with E-state index in [4.69, 9.17) is 0 Å². The first-order valence-corrected chi connectivity index (χ1v) is 8.15. The molecule has 0 aliphatic carbocycles. The van der Waals surface area contributed by atoms with Gasteiger partial charge in [-0.15, -0.1) is 0 Å². The third-order valence-corrected chi connectivity index (χ3v) is 4.19. The molecule has 2 aromatic heterocycles. The monoisotopic (exact) mass is 322 g/mol. The molecule has 24 heavy (non-hydrogen) atoms. The number of hydrogen-bond donors (Lipinski definition) is 1. The first-order valence-electron chi connectivity index (χ1n) is 8.15. The van der Waals surface area contributed by atoms with Crippen LogP contribution in [0.1, 0.15) is 47.1 Å². The molecule has 0 spiro atoms. The Kier molecular flexibility index (Phi) is 4.34. The predicted octanol–water partition coefficient (Wildman–Crippen LogP) is 3.56. The smallest absolute Gasteiger partial charge is 0.253 e. The fraction of sp³-hybridized carbons (Fsp3) is 0.316. The summed E-state index contributed by atoms with van der Waals surface area (Å²) in [6.45, 7) is 8.53. The fourth-order valence-corrected chi connectivity index (χ4v) is 2.75. The molecule has 124 valence electrons. The molecule has 2 heterocycles. The summed E-state index contributed by atoms with van der Waals surface area (Å²) in [6, 6.07) is 10.1. The van der Waals surface area contributed by atoms with Crippen LogP contribution in [0.2, 0.25) is 0 Å². The van der Waals surface area contributed by atoms with Crippen molar-refractivity contribution in [1.82, 2.24) is 20.1 Å². The van der Waals surface area contributed by atoms with Gasteiger partial charge in [-0.05, 0) is 44.9 Å². The van der Waals surface area contributed by atoms with Gasteiger partial charge < -0.3 is 5.32 Å². The second-order valence-corrected chi connectivity index (χ2v) is 6.33. The molecule has 0 atom stereocenters. The highest BCUT2D eigenvalue weighted by atomic mass is 16.1. The minimum Gasteiger partial charge on any atom is -0.348 e. The Hall–Kier alpha value is -2.69. The highest BCUT2D eigenvalue weighted by Gasteiger charge is 2.15. The van der Waals surface area contributed by atoms with Crippen molar-refractivity contribution < 1.29 is 4.79 Å². The van der Waals surface area contributed by atoms with Crippen molar-refractivity contribution in [3.8, 4) is 0 Å². The van der Waals surface area contributed by atoms with E-state index in [2.05, 4.69) is 29.2 Å². The lowest BCUT2D eigenvalue weighted by molar-refractivity contribution is 0.0950. The number of pyridine rings is 1. The number of nitrogens with one attached hydrogen (secondary N) is 1. The van der Waals surface area contributed by atoms with Gasteiger partial charge in [0.15, 0.2) is 5.65 Å². The van der Waals surface area contributed by atoms with E-state index in [1.807, 2.05) is 48.9 Å². The number of carbonyl (C=O) groups excluding carboxylic acids is 1. The van der Waals surface area contributed by atoms with Crippen LogP contribution in [0.3, 0.4) is 0 Å². The molecule has 0 aliphatic heterocycles. The van der Waals surface area contributed by atoms with Crippen LogP contribution in [0.5, 0.6) is 0 Å². The molecule has 0 fully saturated rings. The molecule has 0 unspecified atom stereocenters. The number of aryl methyl sites for hydroxylation is 2. The van der Waals surface area contributed by atoms with E-state index in [0.717, 1.165) is 16.6 Å². The van der Waals surface area contributed by atoms with Gasteiger partial charge in [0.05, 0.1) is 17.5 Å². The SMILES string of the molecule is Cc1ccccc1CNC(=O)c1cc2cnn(C(C)C)c2nc1C. The second-order valence-electron chi connectivity index (χ2n) is 6.33. The summed E-state index contributed by atoms with van der Waals surface area (Å²) < 4.78 is 1.87. The van der Waals surface area contributed by atoms with E-state index in [1.165, 1.54) is 5.56 Å². The van der Waals surface area contributed by atoms with Crippen molar-refractivity contribution in [3.05, 3.63) is 58.9 Å². The quantitative estimate of drug-likeness (QED) is 0.799. The molecule has 1 N–H and O–H groups in total. The van der Waals surface area contributed by atoms with Crippen molar-refractivity contribution in [3.63, 3.8) is 0 Å². The lowest BCUT2D eigenvalue weighted by Gasteiger charge is -2.11. The molecule has 5 nitrogen and oxygen atoms in total. The fourth-order valence-electron chi connectivity index (χ4n) is 2.75. The van der Waals surface area contributed by atoms with Crippen LogP contribution in [0.25, 0.3) is 11.0 Å². The Labute approximate surface area is 141 Å². The molecule has 0 saturated heterocycles. The Morgan fingerprint density at radius 1 is 1.25 bits per heavy atom. The summed E-state index contributed by atoms with van der Waals surface area (Å²) >= 11 is 0. The zero-order chi connectivity index (χ0) is 17.3. The molecule has 3 rings (SSSR count). The number of aromatic nitrogens is 3. The van der Waals surface area contributed by atoms with Crippen LogP contribution in [0.15, 0.2) is 36.5 Å². The Morgan fingerprint density at radius 3 is 2.71 bits per heavy atom. The van der Waals surface area contributed by atoms with Crippen LogP contribution in [0, 0.1) is 13.8 Å². The molecule has 0 radical (unpaired) electrons. The van der Waals surface area contributed by atoms with Crippen molar-refractivity contribution in [2.75, 3.05) is 0 Å². The summed E-state index contributed by atoms with van der Waals surface area (Å²) in [6.07, 6.45) is 1.76. The maximum Gasteiger partial charge on any atom is 0.253 e. The number of fused-ring (bicyclic) bond motifs is 1. The third kappa shape index (κ3) is 3.02. The number of amides is 1. The number of nitrogens with zero attached hydrogens (tertiary/aromatic N) is 3. The van der Waals surface area contributed by atoms with Crippen LogP contribution in [-0.2, 0) is 6.54 Å². The molecule has 0 saturated carbocycles. The Balaban J connectivity index is 1.85. The maximum absolute atomic E-state index is 12.6.